The molecule has 2 saturated heterocycles. The summed E-state index contributed by atoms with van der Waals surface area (Å²) < 4.78 is 23.3. The van der Waals surface area contributed by atoms with E-state index in [1.54, 1.807) is 0 Å². The minimum atomic E-state index is -2.97. The lowest BCUT2D eigenvalue weighted by Gasteiger charge is -2.40. The van der Waals surface area contributed by atoms with Crippen LogP contribution in [0.5, 0.6) is 0 Å². The van der Waals surface area contributed by atoms with Crippen LogP contribution in [0.15, 0.2) is 0 Å². The van der Waals surface area contributed by atoms with Crippen molar-refractivity contribution < 1.29 is 13.2 Å². The molecule has 0 saturated carbocycles. The molecule has 0 bridgehead atoms. The fraction of sp³-hybridized carbons (Fsp3) is 0.938. The minimum absolute atomic E-state index is 0.0923. The molecule has 0 aromatic rings. The van der Waals surface area contributed by atoms with Crippen molar-refractivity contribution in [2.24, 2.45) is 0 Å². The van der Waals surface area contributed by atoms with Gasteiger partial charge >= 0.3 is 0 Å². The molecular formula is C16H31N3O3S. The Morgan fingerprint density at radius 3 is 2.35 bits per heavy atom. The average Bonchev–Trinajstić information content (AvgIpc) is 2.48. The van der Waals surface area contributed by atoms with Crippen molar-refractivity contribution >= 4 is 15.7 Å². The first-order valence-corrected chi connectivity index (χ1v) is 10.7. The van der Waals surface area contributed by atoms with Crippen molar-refractivity contribution in [1.82, 2.24) is 15.5 Å². The van der Waals surface area contributed by atoms with E-state index in [1.807, 2.05) is 6.92 Å². The van der Waals surface area contributed by atoms with Crippen LogP contribution in [0.4, 0.5) is 0 Å². The van der Waals surface area contributed by atoms with Gasteiger partial charge in [-0.3, -0.25) is 9.69 Å². The number of hydrogen-bond acceptors (Lipinski definition) is 5. The Balaban J connectivity index is 1.93. The SMILES string of the molecule is CCC(C(=O)NC1(C)CCNCC1)N1CCC(S(C)(=O)=O)CC1. The zero-order chi connectivity index (χ0) is 17.1. The van der Waals surface area contributed by atoms with Crippen molar-refractivity contribution in [2.45, 2.75) is 62.8 Å². The molecule has 2 N–H and O–H groups in total. The number of hydrogen-bond donors (Lipinski definition) is 2. The Kier molecular flexibility index (Phi) is 6.08. The third-order valence-corrected chi connectivity index (χ3v) is 7.03. The van der Waals surface area contributed by atoms with Crippen LogP contribution in [-0.4, -0.2) is 68.5 Å². The molecule has 0 radical (unpaired) electrons. The van der Waals surface area contributed by atoms with Crippen molar-refractivity contribution in [1.29, 1.82) is 0 Å². The average molecular weight is 346 g/mol. The Morgan fingerprint density at radius 2 is 1.87 bits per heavy atom. The molecule has 134 valence electrons. The van der Waals surface area contributed by atoms with Gasteiger partial charge in [-0.15, -0.1) is 0 Å². The monoisotopic (exact) mass is 345 g/mol. The van der Waals surface area contributed by atoms with Gasteiger partial charge in [0.2, 0.25) is 5.91 Å². The molecule has 1 atom stereocenters. The number of carbonyl (C=O) groups excluding carboxylic acids is 1. The molecular weight excluding hydrogens is 314 g/mol. The second kappa shape index (κ2) is 7.49. The largest absolute Gasteiger partial charge is 0.349 e. The summed E-state index contributed by atoms with van der Waals surface area (Å²) in [4.78, 5) is 14.9. The van der Waals surface area contributed by atoms with Gasteiger partial charge < -0.3 is 10.6 Å². The molecule has 1 amide bonds. The van der Waals surface area contributed by atoms with Gasteiger partial charge in [-0.2, -0.15) is 0 Å². The second-order valence-corrected chi connectivity index (χ2v) is 9.61. The highest BCUT2D eigenvalue weighted by Crippen LogP contribution is 2.22. The molecule has 2 aliphatic rings. The maximum atomic E-state index is 12.7. The normalized spacial score (nSPS) is 25.0. The van der Waals surface area contributed by atoms with E-state index in [9.17, 15) is 13.2 Å². The number of rotatable bonds is 5. The van der Waals surface area contributed by atoms with E-state index in [4.69, 9.17) is 0 Å². The topological polar surface area (TPSA) is 78.5 Å². The van der Waals surface area contributed by atoms with Crippen LogP contribution in [0.1, 0.15) is 46.0 Å². The number of piperidine rings is 2. The minimum Gasteiger partial charge on any atom is -0.349 e. The van der Waals surface area contributed by atoms with Crippen LogP contribution in [-0.2, 0) is 14.6 Å². The summed E-state index contributed by atoms with van der Waals surface area (Å²) >= 11 is 0. The predicted molar refractivity (Wildman–Crippen MR) is 92.2 cm³/mol. The van der Waals surface area contributed by atoms with Crippen molar-refractivity contribution in [2.75, 3.05) is 32.4 Å². The lowest BCUT2D eigenvalue weighted by atomic mass is 9.90. The Bertz CT molecular complexity index is 507. The molecule has 2 heterocycles. The van der Waals surface area contributed by atoms with E-state index in [0.29, 0.717) is 25.9 Å². The zero-order valence-corrected chi connectivity index (χ0v) is 15.4. The standard InChI is InChI=1S/C16H31N3O3S/c1-4-14(15(20)18-16(2)7-9-17-10-8-16)19-11-5-13(6-12-19)23(3,21)22/h13-14,17H,4-12H2,1-3H3,(H,18,20). The number of amides is 1. The fourth-order valence-electron chi connectivity index (χ4n) is 3.71. The maximum absolute atomic E-state index is 12.7. The van der Waals surface area contributed by atoms with Gasteiger partial charge in [0.05, 0.1) is 11.3 Å². The van der Waals surface area contributed by atoms with Gasteiger partial charge in [-0.1, -0.05) is 6.92 Å². The molecule has 1 unspecified atom stereocenters. The number of carbonyl (C=O) groups is 1. The van der Waals surface area contributed by atoms with Crippen LogP contribution < -0.4 is 10.6 Å². The lowest BCUT2D eigenvalue weighted by molar-refractivity contribution is -0.129. The molecule has 0 spiro atoms. The third kappa shape index (κ3) is 4.90. The molecule has 7 heteroatoms. The molecule has 0 aromatic heterocycles. The van der Waals surface area contributed by atoms with E-state index in [-0.39, 0.29) is 22.7 Å². The first kappa shape index (κ1) is 18.7. The number of sulfone groups is 1. The van der Waals surface area contributed by atoms with E-state index in [0.717, 1.165) is 32.4 Å². The molecule has 23 heavy (non-hydrogen) atoms. The molecule has 0 aromatic carbocycles. The molecule has 2 rings (SSSR count). The lowest BCUT2D eigenvalue weighted by Crippen LogP contribution is -2.58. The van der Waals surface area contributed by atoms with Crippen molar-refractivity contribution in [3.8, 4) is 0 Å². The summed E-state index contributed by atoms with van der Waals surface area (Å²) in [5.41, 5.74) is -0.124. The molecule has 0 aliphatic carbocycles. The van der Waals surface area contributed by atoms with Crippen LogP contribution in [0.2, 0.25) is 0 Å². The number of nitrogens with zero attached hydrogens (tertiary/aromatic N) is 1. The highest BCUT2D eigenvalue weighted by atomic mass is 32.2. The van der Waals surface area contributed by atoms with E-state index >= 15 is 0 Å². The summed E-state index contributed by atoms with van der Waals surface area (Å²) in [6, 6.07) is -0.151. The first-order chi connectivity index (χ1) is 10.7. The van der Waals surface area contributed by atoms with E-state index < -0.39 is 9.84 Å². The smallest absolute Gasteiger partial charge is 0.237 e. The van der Waals surface area contributed by atoms with Crippen LogP contribution >= 0.6 is 0 Å². The van der Waals surface area contributed by atoms with E-state index in [2.05, 4.69) is 22.5 Å². The second-order valence-electron chi connectivity index (χ2n) is 7.29. The van der Waals surface area contributed by atoms with Crippen LogP contribution in [0, 0.1) is 0 Å². The first-order valence-electron chi connectivity index (χ1n) is 8.71. The summed E-state index contributed by atoms with van der Waals surface area (Å²) in [5, 5.41) is 6.32. The highest BCUT2D eigenvalue weighted by molar-refractivity contribution is 7.91. The fourth-order valence-corrected chi connectivity index (χ4v) is 4.78. The van der Waals surface area contributed by atoms with Gasteiger partial charge in [0.1, 0.15) is 9.84 Å². The van der Waals surface area contributed by atoms with Gasteiger partial charge in [0.15, 0.2) is 0 Å². The third-order valence-electron chi connectivity index (χ3n) is 5.34. The van der Waals surface area contributed by atoms with Gasteiger partial charge in [0, 0.05) is 24.9 Å². The van der Waals surface area contributed by atoms with Crippen molar-refractivity contribution in [3.05, 3.63) is 0 Å². The van der Waals surface area contributed by atoms with Gasteiger partial charge in [0.25, 0.3) is 0 Å². The Labute approximate surface area is 140 Å². The van der Waals surface area contributed by atoms with Gasteiger partial charge in [-0.05, 0) is 52.1 Å². The quantitative estimate of drug-likeness (QED) is 0.760. The van der Waals surface area contributed by atoms with E-state index in [1.165, 1.54) is 6.26 Å². The summed E-state index contributed by atoms with van der Waals surface area (Å²) in [6.07, 6.45) is 5.23. The maximum Gasteiger partial charge on any atom is 0.237 e. The summed E-state index contributed by atoms with van der Waals surface area (Å²) in [7, 11) is -2.97. The molecule has 2 fully saturated rings. The zero-order valence-electron chi connectivity index (χ0n) is 14.6. The molecule has 6 nitrogen and oxygen atoms in total. The van der Waals surface area contributed by atoms with Crippen molar-refractivity contribution in [3.63, 3.8) is 0 Å². The summed E-state index contributed by atoms with van der Waals surface area (Å²) in [6.45, 7) is 7.39. The summed E-state index contributed by atoms with van der Waals surface area (Å²) in [5.74, 6) is 0.0923. The highest BCUT2D eigenvalue weighted by Gasteiger charge is 2.35. The van der Waals surface area contributed by atoms with Crippen LogP contribution in [0.3, 0.4) is 0 Å². The number of likely N-dealkylation sites (tertiary alicyclic amines) is 1. The molecule has 2 aliphatic heterocycles. The Morgan fingerprint density at radius 1 is 1.30 bits per heavy atom. The Hall–Kier alpha value is -0.660. The van der Waals surface area contributed by atoms with Gasteiger partial charge in [-0.25, -0.2) is 8.42 Å². The van der Waals surface area contributed by atoms with Crippen LogP contribution in [0.25, 0.3) is 0 Å². The number of nitrogens with one attached hydrogen (secondary N) is 2. The predicted octanol–water partition coefficient (Wildman–Crippen LogP) is 0.532.